The van der Waals surface area contributed by atoms with Gasteiger partial charge >= 0.3 is 0 Å². The molecule has 3 rings (SSSR count). The zero-order chi connectivity index (χ0) is 17.8. The number of benzene rings is 2. The minimum absolute atomic E-state index is 0.0432. The molecule has 5 nitrogen and oxygen atoms in total. The van der Waals surface area contributed by atoms with E-state index in [1.54, 1.807) is 13.0 Å². The van der Waals surface area contributed by atoms with E-state index in [4.69, 9.17) is 23.2 Å². The van der Waals surface area contributed by atoms with E-state index in [0.29, 0.717) is 22.2 Å². The van der Waals surface area contributed by atoms with E-state index in [2.05, 4.69) is 21.4 Å². The zero-order valence-electron chi connectivity index (χ0n) is 13.6. The number of hydrogen-bond donors (Lipinski definition) is 3. The van der Waals surface area contributed by atoms with Gasteiger partial charge in [0.25, 0.3) is 5.91 Å². The zero-order valence-corrected chi connectivity index (χ0v) is 15.1. The second kappa shape index (κ2) is 7.97. The minimum atomic E-state index is -0.372. The summed E-state index contributed by atoms with van der Waals surface area (Å²) in [7, 11) is 0. The van der Waals surface area contributed by atoms with Crippen molar-refractivity contribution in [3.05, 3.63) is 69.7 Å². The molecule has 1 saturated heterocycles. The van der Waals surface area contributed by atoms with Crippen LogP contribution in [0.1, 0.15) is 30.5 Å². The van der Waals surface area contributed by atoms with Gasteiger partial charge < -0.3 is 0 Å². The SMILES string of the molecule is C/C(=N\NC(=O)C1CC(c2ccc(Cl)cc2)NN1)c1ccccc1Cl. The molecule has 0 bridgehead atoms. The van der Waals surface area contributed by atoms with Crippen LogP contribution in [0, 0.1) is 0 Å². The molecule has 1 aliphatic heterocycles. The Balaban J connectivity index is 1.60. The van der Waals surface area contributed by atoms with Crippen LogP contribution < -0.4 is 16.3 Å². The van der Waals surface area contributed by atoms with Gasteiger partial charge in [-0.25, -0.2) is 16.3 Å². The highest BCUT2D eigenvalue weighted by Gasteiger charge is 2.30. The van der Waals surface area contributed by atoms with Crippen LogP contribution in [0.4, 0.5) is 0 Å². The van der Waals surface area contributed by atoms with Gasteiger partial charge in [-0.05, 0) is 37.1 Å². The summed E-state index contributed by atoms with van der Waals surface area (Å²) in [6.45, 7) is 1.80. The third kappa shape index (κ3) is 4.38. The van der Waals surface area contributed by atoms with Gasteiger partial charge in [0.1, 0.15) is 6.04 Å². The molecule has 7 heteroatoms. The maximum atomic E-state index is 12.3. The maximum absolute atomic E-state index is 12.3. The quantitative estimate of drug-likeness (QED) is 0.565. The first-order valence-corrected chi connectivity index (χ1v) is 8.66. The van der Waals surface area contributed by atoms with Gasteiger partial charge in [-0.3, -0.25) is 4.79 Å². The Morgan fingerprint density at radius 3 is 2.56 bits per heavy atom. The molecule has 3 N–H and O–H groups in total. The molecular formula is C18H18Cl2N4O. The highest BCUT2D eigenvalue weighted by Crippen LogP contribution is 2.23. The van der Waals surface area contributed by atoms with Crippen LogP contribution in [0.25, 0.3) is 0 Å². The van der Waals surface area contributed by atoms with Crippen LogP contribution in [0.2, 0.25) is 10.0 Å². The normalized spacial score (nSPS) is 20.5. The van der Waals surface area contributed by atoms with Crippen molar-refractivity contribution < 1.29 is 4.79 Å². The fourth-order valence-electron chi connectivity index (χ4n) is 2.67. The van der Waals surface area contributed by atoms with Crippen LogP contribution >= 0.6 is 23.2 Å². The summed E-state index contributed by atoms with van der Waals surface area (Å²) in [5.74, 6) is -0.199. The van der Waals surface area contributed by atoms with Crippen molar-refractivity contribution in [1.82, 2.24) is 16.3 Å². The standard InChI is InChI=1S/C18H18Cl2N4O/c1-11(14-4-2-3-5-15(14)20)21-24-18(25)17-10-16(22-23-17)12-6-8-13(19)9-7-12/h2-9,16-17,22-23H,10H2,1H3,(H,24,25)/b21-11+. The number of carbonyl (C=O) groups excluding carboxylic acids is 1. The number of rotatable bonds is 4. The molecule has 130 valence electrons. The number of amides is 1. The van der Waals surface area contributed by atoms with Crippen molar-refractivity contribution in [2.75, 3.05) is 0 Å². The van der Waals surface area contributed by atoms with Crippen molar-refractivity contribution >= 4 is 34.8 Å². The third-order valence-electron chi connectivity index (χ3n) is 4.09. The lowest BCUT2D eigenvalue weighted by Gasteiger charge is -2.09. The van der Waals surface area contributed by atoms with Gasteiger partial charge in [0, 0.05) is 21.7 Å². The van der Waals surface area contributed by atoms with Crippen LogP contribution in [-0.4, -0.2) is 17.7 Å². The van der Waals surface area contributed by atoms with E-state index in [1.807, 2.05) is 42.5 Å². The molecule has 1 amide bonds. The Kier molecular flexibility index (Phi) is 5.71. The second-order valence-corrected chi connectivity index (χ2v) is 6.68. The van der Waals surface area contributed by atoms with Crippen molar-refractivity contribution in [1.29, 1.82) is 0 Å². The number of hydrogen-bond acceptors (Lipinski definition) is 4. The van der Waals surface area contributed by atoms with E-state index < -0.39 is 0 Å². The molecule has 0 spiro atoms. The van der Waals surface area contributed by atoms with Gasteiger partial charge in [0.05, 0.1) is 5.71 Å². The summed E-state index contributed by atoms with van der Waals surface area (Å²) >= 11 is 12.0. The summed E-state index contributed by atoms with van der Waals surface area (Å²) in [5.41, 5.74) is 11.2. The Bertz CT molecular complexity index is 792. The molecule has 1 aliphatic rings. The molecule has 1 heterocycles. The second-order valence-electron chi connectivity index (χ2n) is 5.83. The number of nitrogens with one attached hydrogen (secondary N) is 3. The fourth-order valence-corrected chi connectivity index (χ4v) is 3.07. The number of halogens is 2. The fraction of sp³-hybridized carbons (Fsp3) is 0.222. The van der Waals surface area contributed by atoms with E-state index in [-0.39, 0.29) is 18.0 Å². The Labute approximate surface area is 156 Å². The van der Waals surface area contributed by atoms with Crippen molar-refractivity contribution in [3.63, 3.8) is 0 Å². The summed E-state index contributed by atoms with van der Waals surface area (Å²) in [5, 5.41) is 5.44. The number of nitrogens with zero attached hydrogens (tertiary/aromatic N) is 1. The molecule has 2 atom stereocenters. The average Bonchev–Trinajstić information content (AvgIpc) is 3.10. The first-order valence-electron chi connectivity index (χ1n) is 7.90. The van der Waals surface area contributed by atoms with E-state index in [9.17, 15) is 4.79 Å². The van der Waals surface area contributed by atoms with Crippen LogP contribution in [0.5, 0.6) is 0 Å². The number of hydrazine groups is 1. The molecule has 0 aromatic heterocycles. The molecule has 2 aromatic carbocycles. The first-order chi connectivity index (χ1) is 12.0. The van der Waals surface area contributed by atoms with E-state index in [0.717, 1.165) is 11.1 Å². The van der Waals surface area contributed by atoms with Crippen molar-refractivity contribution in [2.24, 2.45) is 5.10 Å². The number of hydrazone groups is 1. The average molecular weight is 377 g/mol. The van der Waals surface area contributed by atoms with Gasteiger partial charge in [0.15, 0.2) is 0 Å². The van der Waals surface area contributed by atoms with Crippen LogP contribution in [0.3, 0.4) is 0 Å². The van der Waals surface area contributed by atoms with Gasteiger partial charge in [-0.2, -0.15) is 5.10 Å². The summed E-state index contributed by atoms with van der Waals surface area (Å²) in [6, 6.07) is 14.6. The Morgan fingerprint density at radius 1 is 1.12 bits per heavy atom. The molecule has 0 saturated carbocycles. The lowest BCUT2D eigenvalue weighted by molar-refractivity contribution is -0.122. The lowest BCUT2D eigenvalue weighted by Crippen LogP contribution is -2.41. The van der Waals surface area contributed by atoms with Crippen LogP contribution in [-0.2, 0) is 4.79 Å². The Morgan fingerprint density at radius 2 is 1.84 bits per heavy atom. The molecule has 25 heavy (non-hydrogen) atoms. The minimum Gasteiger partial charge on any atom is -0.271 e. The molecule has 2 aromatic rings. The maximum Gasteiger partial charge on any atom is 0.258 e. The van der Waals surface area contributed by atoms with Gasteiger partial charge in [-0.1, -0.05) is 53.5 Å². The number of carbonyl (C=O) groups is 1. The predicted molar refractivity (Wildman–Crippen MR) is 101 cm³/mol. The van der Waals surface area contributed by atoms with Gasteiger partial charge in [0.2, 0.25) is 0 Å². The Hall–Kier alpha value is -1.92. The monoisotopic (exact) mass is 376 g/mol. The highest BCUT2D eigenvalue weighted by molar-refractivity contribution is 6.34. The smallest absolute Gasteiger partial charge is 0.258 e. The largest absolute Gasteiger partial charge is 0.271 e. The molecule has 1 fully saturated rings. The summed E-state index contributed by atoms with van der Waals surface area (Å²) in [6.07, 6.45) is 0.619. The first kappa shape index (κ1) is 17.9. The van der Waals surface area contributed by atoms with E-state index in [1.165, 1.54) is 0 Å². The van der Waals surface area contributed by atoms with E-state index >= 15 is 0 Å². The highest BCUT2D eigenvalue weighted by atomic mass is 35.5. The molecular weight excluding hydrogens is 359 g/mol. The molecule has 2 unspecified atom stereocenters. The topological polar surface area (TPSA) is 65.5 Å². The predicted octanol–water partition coefficient (Wildman–Crippen LogP) is 3.44. The third-order valence-corrected chi connectivity index (χ3v) is 4.67. The van der Waals surface area contributed by atoms with Crippen molar-refractivity contribution in [3.8, 4) is 0 Å². The molecule has 0 radical (unpaired) electrons. The lowest BCUT2D eigenvalue weighted by atomic mass is 10.0. The van der Waals surface area contributed by atoms with Gasteiger partial charge in [-0.15, -0.1) is 0 Å². The summed E-state index contributed by atoms with van der Waals surface area (Å²) in [4.78, 5) is 12.3. The summed E-state index contributed by atoms with van der Waals surface area (Å²) < 4.78 is 0. The molecule has 0 aliphatic carbocycles. The van der Waals surface area contributed by atoms with Crippen molar-refractivity contribution in [2.45, 2.75) is 25.4 Å². The van der Waals surface area contributed by atoms with Crippen LogP contribution in [0.15, 0.2) is 53.6 Å².